The molecule has 1 aliphatic rings. The van der Waals surface area contributed by atoms with Gasteiger partial charge in [0.1, 0.15) is 30.3 Å². The van der Waals surface area contributed by atoms with Crippen molar-refractivity contribution >= 4 is 34.2 Å². The summed E-state index contributed by atoms with van der Waals surface area (Å²) in [5, 5.41) is 13.9. The van der Waals surface area contributed by atoms with Crippen molar-refractivity contribution in [2.75, 3.05) is 19.7 Å². The molecule has 2 N–H and O–H groups in total. The molecule has 0 aromatic heterocycles. The fourth-order valence-electron chi connectivity index (χ4n) is 2.77. The Balaban J connectivity index is 1.38. The van der Waals surface area contributed by atoms with Gasteiger partial charge in [-0.25, -0.2) is 0 Å². The molecule has 3 rings (SSSR count). The second kappa shape index (κ2) is 9.07. The summed E-state index contributed by atoms with van der Waals surface area (Å²) < 4.78 is 12.8. The van der Waals surface area contributed by atoms with Gasteiger partial charge in [0.2, 0.25) is 0 Å². The predicted octanol–water partition coefficient (Wildman–Crippen LogP) is 3.67. The quantitative estimate of drug-likeness (QED) is 0.603. The van der Waals surface area contributed by atoms with Crippen LogP contribution in [0.1, 0.15) is 12.0 Å². The molecule has 1 aliphatic heterocycles. The van der Waals surface area contributed by atoms with Crippen LogP contribution in [-0.4, -0.2) is 37.0 Å². The lowest BCUT2D eigenvalue weighted by Crippen LogP contribution is -2.39. The summed E-state index contributed by atoms with van der Waals surface area (Å²) >= 11 is 8.34. The van der Waals surface area contributed by atoms with Gasteiger partial charge in [-0.2, -0.15) is 0 Å². The largest absolute Gasteiger partial charge is 0.489 e. The molecule has 0 amide bonds. The van der Waals surface area contributed by atoms with E-state index in [4.69, 9.17) is 21.1 Å². The fourth-order valence-corrected chi connectivity index (χ4v) is 3.52. The molecule has 134 valence electrons. The number of fused-ring (bicyclic) bond motifs is 1. The highest BCUT2D eigenvalue weighted by Crippen LogP contribution is 2.28. The summed E-state index contributed by atoms with van der Waals surface area (Å²) in [6.07, 6.45) is 1.53. The Morgan fingerprint density at radius 3 is 3.00 bits per heavy atom. The first-order valence-electron chi connectivity index (χ1n) is 8.33. The number of aliphatic hydroxyl groups excluding tert-OH is 1. The van der Waals surface area contributed by atoms with E-state index in [1.54, 1.807) is 12.1 Å². The number of hydrogen-bond donors (Lipinski definition) is 2. The van der Waals surface area contributed by atoms with Gasteiger partial charge in [0.15, 0.2) is 0 Å². The third-order valence-electron chi connectivity index (χ3n) is 4.07. The molecule has 0 unspecified atom stereocenters. The van der Waals surface area contributed by atoms with Crippen molar-refractivity contribution < 1.29 is 14.6 Å². The molecule has 0 aliphatic carbocycles. The zero-order valence-electron chi connectivity index (χ0n) is 13.8. The summed E-state index contributed by atoms with van der Waals surface area (Å²) in [7, 11) is 0. The van der Waals surface area contributed by atoms with Crippen LogP contribution in [0, 0.1) is 3.57 Å². The molecule has 0 radical (unpaired) electrons. The van der Waals surface area contributed by atoms with Gasteiger partial charge in [-0.05, 0) is 71.3 Å². The Morgan fingerprint density at radius 1 is 1.32 bits per heavy atom. The number of ether oxygens (including phenoxy) is 2. The van der Waals surface area contributed by atoms with Gasteiger partial charge < -0.3 is 19.9 Å². The third kappa shape index (κ3) is 5.48. The van der Waals surface area contributed by atoms with E-state index in [0.717, 1.165) is 18.6 Å². The van der Waals surface area contributed by atoms with E-state index in [-0.39, 0.29) is 12.7 Å². The van der Waals surface area contributed by atoms with Crippen LogP contribution < -0.4 is 14.8 Å². The summed E-state index contributed by atoms with van der Waals surface area (Å²) in [5.41, 5.74) is 1.27. The monoisotopic (exact) mass is 473 g/mol. The van der Waals surface area contributed by atoms with Crippen LogP contribution >= 0.6 is 34.2 Å². The van der Waals surface area contributed by atoms with Crippen LogP contribution in [0.3, 0.4) is 0 Å². The van der Waals surface area contributed by atoms with Gasteiger partial charge in [-0.15, -0.1) is 0 Å². The third-order valence-corrected chi connectivity index (χ3v) is 5.05. The van der Waals surface area contributed by atoms with Crippen LogP contribution in [0.4, 0.5) is 0 Å². The molecule has 1 heterocycles. The number of halogens is 2. The standard InChI is InChI=1S/C19H21ClINO3/c20-17-3-1-2-4-19(17)24-12-15(23)10-22-11-16-7-5-13-9-14(21)6-8-18(13)25-16/h1-4,6,8-9,15-16,22-23H,5,7,10-12H2/t15-,16+/m0/s1. The minimum atomic E-state index is -0.603. The van der Waals surface area contributed by atoms with Crippen LogP contribution in [0.15, 0.2) is 42.5 Å². The van der Waals surface area contributed by atoms with Gasteiger partial charge in [0, 0.05) is 16.7 Å². The Kier molecular flexibility index (Phi) is 6.81. The van der Waals surface area contributed by atoms with E-state index in [9.17, 15) is 5.11 Å². The maximum atomic E-state index is 10.0. The number of benzene rings is 2. The van der Waals surface area contributed by atoms with Gasteiger partial charge in [0.25, 0.3) is 0 Å². The normalized spacial score (nSPS) is 17.5. The van der Waals surface area contributed by atoms with Crippen molar-refractivity contribution in [2.24, 2.45) is 0 Å². The summed E-state index contributed by atoms with van der Waals surface area (Å²) in [6.45, 7) is 1.35. The Morgan fingerprint density at radius 2 is 2.16 bits per heavy atom. The average molecular weight is 474 g/mol. The Hall–Kier alpha value is -1.02. The van der Waals surface area contributed by atoms with E-state index in [1.165, 1.54) is 9.13 Å². The first kappa shape index (κ1) is 18.8. The Labute approximate surface area is 166 Å². The predicted molar refractivity (Wildman–Crippen MR) is 108 cm³/mol. The molecule has 0 spiro atoms. The van der Waals surface area contributed by atoms with Crippen LogP contribution in [-0.2, 0) is 6.42 Å². The smallest absolute Gasteiger partial charge is 0.138 e. The molecule has 0 fully saturated rings. The van der Waals surface area contributed by atoms with E-state index in [0.29, 0.717) is 23.9 Å². The van der Waals surface area contributed by atoms with Crippen molar-refractivity contribution in [3.63, 3.8) is 0 Å². The van der Waals surface area contributed by atoms with Crippen molar-refractivity contribution in [3.8, 4) is 11.5 Å². The second-order valence-electron chi connectivity index (χ2n) is 6.08. The minimum Gasteiger partial charge on any atom is -0.489 e. The summed E-state index contributed by atoms with van der Waals surface area (Å²) in [5.74, 6) is 1.56. The molecule has 2 aromatic rings. The molecule has 2 atom stereocenters. The lowest BCUT2D eigenvalue weighted by molar-refractivity contribution is 0.0999. The lowest BCUT2D eigenvalue weighted by Gasteiger charge is -2.27. The van der Waals surface area contributed by atoms with Crippen molar-refractivity contribution in [2.45, 2.75) is 25.0 Å². The number of aliphatic hydroxyl groups is 1. The van der Waals surface area contributed by atoms with Crippen molar-refractivity contribution in [1.82, 2.24) is 5.32 Å². The van der Waals surface area contributed by atoms with E-state index >= 15 is 0 Å². The van der Waals surface area contributed by atoms with Gasteiger partial charge in [0.05, 0.1) is 5.02 Å². The highest BCUT2D eigenvalue weighted by Gasteiger charge is 2.20. The average Bonchev–Trinajstić information content (AvgIpc) is 2.61. The molecular weight excluding hydrogens is 453 g/mol. The molecule has 2 aromatic carbocycles. The number of aryl methyl sites for hydroxylation is 1. The van der Waals surface area contributed by atoms with Gasteiger partial charge in [-0.1, -0.05) is 23.7 Å². The highest BCUT2D eigenvalue weighted by molar-refractivity contribution is 14.1. The number of hydrogen-bond acceptors (Lipinski definition) is 4. The SMILES string of the molecule is O[C@@H](CNC[C@H]1CCc2cc(I)ccc2O1)COc1ccccc1Cl. The zero-order valence-corrected chi connectivity index (χ0v) is 16.7. The van der Waals surface area contributed by atoms with Crippen LogP contribution in [0.2, 0.25) is 5.02 Å². The maximum Gasteiger partial charge on any atom is 0.138 e. The molecule has 4 nitrogen and oxygen atoms in total. The van der Waals surface area contributed by atoms with Gasteiger partial charge in [-0.3, -0.25) is 0 Å². The second-order valence-corrected chi connectivity index (χ2v) is 7.74. The zero-order chi connectivity index (χ0) is 17.6. The van der Waals surface area contributed by atoms with E-state index < -0.39 is 6.10 Å². The summed E-state index contributed by atoms with van der Waals surface area (Å²) in [6, 6.07) is 13.5. The Bertz CT molecular complexity index is 713. The molecular formula is C19H21ClINO3. The summed E-state index contributed by atoms with van der Waals surface area (Å²) in [4.78, 5) is 0. The van der Waals surface area contributed by atoms with Crippen molar-refractivity contribution in [3.05, 3.63) is 56.6 Å². The molecule has 25 heavy (non-hydrogen) atoms. The molecule has 0 saturated heterocycles. The number of nitrogens with one attached hydrogen (secondary N) is 1. The lowest BCUT2D eigenvalue weighted by atomic mass is 10.0. The van der Waals surface area contributed by atoms with Gasteiger partial charge >= 0.3 is 0 Å². The topological polar surface area (TPSA) is 50.7 Å². The van der Waals surface area contributed by atoms with E-state index in [1.807, 2.05) is 18.2 Å². The molecule has 0 bridgehead atoms. The van der Waals surface area contributed by atoms with Crippen LogP contribution in [0.25, 0.3) is 0 Å². The first-order chi connectivity index (χ1) is 12.1. The fraction of sp³-hybridized carbons (Fsp3) is 0.368. The van der Waals surface area contributed by atoms with Crippen molar-refractivity contribution in [1.29, 1.82) is 0 Å². The molecule has 0 saturated carbocycles. The maximum absolute atomic E-state index is 10.0. The minimum absolute atomic E-state index is 0.129. The highest BCUT2D eigenvalue weighted by atomic mass is 127. The molecule has 6 heteroatoms. The van der Waals surface area contributed by atoms with Crippen LogP contribution in [0.5, 0.6) is 11.5 Å². The number of para-hydroxylation sites is 1. The van der Waals surface area contributed by atoms with E-state index in [2.05, 4.69) is 40.0 Å². The number of rotatable bonds is 7. The first-order valence-corrected chi connectivity index (χ1v) is 9.78.